The van der Waals surface area contributed by atoms with E-state index in [0.29, 0.717) is 6.42 Å². The summed E-state index contributed by atoms with van der Waals surface area (Å²) in [6.07, 6.45) is 1.39. The minimum atomic E-state index is -0.391. The predicted molar refractivity (Wildman–Crippen MR) is 105 cm³/mol. The lowest BCUT2D eigenvalue weighted by molar-refractivity contribution is -0.233. The molecule has 0 unspecified atom stereocenters. The number of carbonyl (C=O) groups is 2. The number of nitrogens with zero attached hydrogens (tertiary/aromatic N) is 1. The van der Waals surface area contributed by atoms with E-state index in [4.69, 9.17) is 9.57 Å². The first-order valence-corrected chi connectivity index (χ1v) is 9.73. The number of amides is 1. The molecule has 28 heavy (non-hydrogen) atoms. The van der Waals surface area contributed by atoms with Crippen LogP contribution in [-0.4, -0.2) is 29.7 Å². The fraction of sp³-hybridized carbons (Fsp3) is 0.391. The molecule has 0 saturated carbocycles. The largest absolute Gasteiger partial charge is 0.365 e. The molecule has 2 atom stereocenters. The lowest BCUT2D eigenvalue weighted by Gasteiger charge is -2.35. The van der Waals surface area contributed by atoms with Gasteiger partial charge in [-0.25, -0.2) is 4.79 Å². The van der Waals surface area contributed by atoms with E-state index < -0.39 is 5.97 Å². The van der Waals surface area contributed by atoms with Crippen molar-refractivity contribution in [2.24, 2.45) is 0 Å². The zero-order valence-corrected chi connectivity index (χ0v) is 16.5. The highest BCUT2D eigenvalue weighted by Crippen LogP contribution is 2.40. The fourth-order valence-corrected chi connectivity index (χ4v) is 4.46. The van der Waals surface area contributed by atoms with Gasteiger partial charge in [-0.3, -0.25) is 4.79 Å². The Bertz CT molecular complexity index is 913. The van der Waals surface area contributed by atoms with Gasteiger partial charge in [-0.2, -0.15) is 5.06 Å². The van der Waals surface area contributed by atoms with Crippen LogP contribution in [0.4, 0.5) is 0 Å². The van der Waals surface area contributed by atoms with Crippen LogP contribution in [0.1, 0.15) is 45.8 Å². The lowest BCUT2D eigenvalue weighted by Crippen LogP contribution is -2.48. The molecule has 1 heterocycles. The standard InChI is InChI=1S/C23H25NO4/c1-14-10-15(2)18(16(3)11-14)8-9-22(26)28-24-21(25)13-27-20-12-17-6-4-5-7-19(17)23(20)24/h4-7,10-11,20,23H,8-9,12-13H2,1-3H3/t20-,23+/m0/s1. The molecule has 146 valence electrons. The first kappa shape index (κ1) is 18.7. The van der Waals surface area contributed by atoms with Crippen LogP contribution in [0.5, 0.6) is 0 Å². The molecule has 2 aromatic carbocycles. The van der Waals surface area contributed by atoms with Gasteiger partial charge in [-0.15, -0.1) is 0 Å². The maximum Gasteiger partial charge on any atom is 0.332 e. The van der Waals surface area contributed by atoms with Crippen LogP contribution in [0.15, 0.2) is 36.4 Å². The minimum absolute atomic E-state index is 0.0569. The molecule has 1 fully saturated rings. The van der Waals surface area contributed by atoms with Gasteiger partial charge < -0.3 is 9.57 Å². The van der Waals surface area contributed by atoms with Crippen molar-refractivity contribution in [2.75, 3.05) is 6.61 Å². The summed E-state index contributed by atoms with van der Waals surface area (Å²) in [6, 6.07) is 11.8. The van der Waals surface area contributed by atoms with Crippen molar-refractivity contribution in [3.63, 3.8) is 0 Å². The van der Waals surface area contributed by atoms with E-state index in [2.05, 4.69) is 32.9 Å². The minimum Gasteiger partial charge on any atom is -0.365 e. The molecule has 0 bridgehead atoms. The van der Waals surface area contributed by atoms with Crippen LogP contribution in [0.2, 0.25) is 0 Å². The third-order valence-electron chi connectivity index (χ3n) is 5.69. The Morgan fingerprint density at radius 3 is 2.64 bits per heavy atom. The molecule has 0 N–H and O–H groups in total. The van der Waals surface area contributed by atoms with Gasteiger partial charge in [0.15, 0.2) is 0 Å². The molecule has 0 spiro atoms. The number of morpholine rings is 1. The number of fused-ring (bicyclic) bond motifs is 3. The van der Waals surface area contributed by atoms with Gasteiger partial charge in [-0.1, -0.05) is 42.0 Å². The molecule has 1 aliphatic carbocycles. The monoisotopic (exact) mass is 379 g/mol. The number of hydrogen-bond acceptors (Lipinski definition) is 4. The van der Waals surface area contributed by atoms with Gasteiger partial charge in [0.05, 0.1) is 12.5 Å². The second-order valence-corrected chi connectivity index (χ2v) is 7.76. The molecule has 1 aliphatic heterocycles. The van der Waals surface area contributed by atoms with Crippen molar-refractivity contribution in [3.05, 3.63) is 69.8 Å². The molecule has 0 radical (unpaired) electrons. The Hall–Kier alpha value is -2.66. The van der Waals surface area contributed by atoms with Gasteiger partial charge in [0.1, 0.15) is 12.6 Å². The molecular formula is C23H25NO4. The van der Waals surface area contributed by atoms with Gasteiger partial charge in [0, 0.05) is 6.42 Å². The summed E-state index contributed by atoms with van der Waals surface area (Å²) < 4.78 is 5.70. The number of hydrogen-bond donors (Lipinski definition) is 0. The quantitative estimate of drug-likeness (QED) is 0.816. The summed E-state index contributed by atoms with van der Waals surface area (Å²) in [4.78, 5) is 30.6. The molecule has 5 nitrogen and oxygen atoms in total. The summed E-state index contributed by atoms with van der Waals surface area (Å²) in [6.45, 7) is 6.13. The van der Waals surface area contributed by atoms with E-state index in [1.54, 1.807) is 0 Å². The number of aryl methyl sites for hydroxylation is 3. The average molecular weight is 379 g/mol. The van der Waals surface area contributed by atoms with Crippen molar-refractivity contribution < 1.29 is 19.2 Å². The highest BCUT2D eigenvalue weighted by Gasteiger charge is 2.45. The number of rotatable bonds is 4. The van der Waals surface area contributed by atoms with E-state index in [1.165, 1.54) is 27.3 Å². The summed E-state index contributed by atoms with van der Waals surface area (Å²) >= 11 is 0. The van der Waals surface area contributed by atoms with E-state index in [1.807, 2.05) is 24.3 Å². The first-order chi connectivity index (χ1) is 13.4. The van der Waals surface area contributed by atoms with Gasteiger partial charge in [-0.05, 0) is 55.0 Å². The first-order valence-electron chi connectivity index (χ1n) is 9.73. The Morgan fingerprint density at radius 1 is 1.18 bits per heavy atom. The summed E-state index contributed by atoms with van der Waals surface area (Å²) in [7, 11) is 0. The van der Waals surface area contributed by atoms with Crippen molar-refractivity contribution in [1.82, 2.24) is 5.06 Å². The second kappa shape index (κ2) is 7.40. The molecule has 1 amide bonds. The predicted octanol–water partition coefficient (Wildman–Crippen LogP) is 3.53. The van der Waals surface area contributed by atoms with Crippen LogP contribution in [0.3, 0.4) is 0 Å². The lowest BCUT2D eigenvalue weighted by atomic mass is 9.96. The zero-order valence-electron chi connectivity index (χ0n) is 16.5. The summed E-state index contributed by atoms with van der Waals surface area (Å²) in [5, 5.41) is 1.25. The Morgan fingerprint density at radius 2 is 1.89 bits per heavy atom. The van der Waals surface area contributed by atoms with Crippen LogP contribution in [0, 0.1) is 20.8 Å². The fourth-order valence-electron chi connectivity index (χ4n) is 4.46. The van der Waals surface area contributed by atoms with E-state index in [0.717, 1.165) is 17.5 Å². The maximum atomic E-state index is 12.6. The highest BCUT2D eigenvalue weighted by atomic mass is 16.7. The van der Waals surface area contributed by atoms with Crippen LogP contribution >= 0.6 is 0 Å². The molecular weight excluding hydrogens is 354 g/mol. The Labute approximate surface area is 165 Å². The number of hydroxylamine groups is 2. The molecule has 5 heteroatoms. The van der Waals surface area contributed by atoms with Gasteiger partial charge in [0.25, 0.3) is 5.91 Å². The van der Waals surface area contributed by atoms with Crippen molar-refractivity contribution >= 4 is 11.9 Å². The third-order valence-corrected chi connectivity index (χ3v) is 5.69. The van der Waals surface area contributed by atoms with Crippen LogP contribution in [0.25, 0.3) is 0 Å². The third kappa shape index (κ3) is 3.42. The summed E-state index contributed by atoms with van der Waals surface area (Å²) in [5.74, 6) is -0.702. The van der Waals surface area contributed by atoms with Crippen LogP contribution < -0.4 is 0 Å². The maximum absolute atomic E-state index is 12.6. The summed E-state index contributed by atoms with van der Waals surface area (Å²) in [5.41, 5.74) is 6.87. The Balaban J connectivity index is 1.47. The normalized spacial score (nSPS) is 20.7. The van der Waals surface area contributed by atoms with E-state index in [9.17, 15) is 9.59 Å². The SMILES string of the molecule is Cc1cc(C)c(CCC(=O)ON2C(=O)CO[C@H]3Cc4ccccc4[C@H]32)c(C)c1. The van der Waals surface area contributed by atoms with Crippen LogP contribution in [-0.2, 0) is 32.0 Å². The number of benzene rings is 2. The van der Waals surface area contributed by atoms with Crippen molar-refractivity contribution in [2.45, 2.75) is 52.2 Å². The highest BCUT2D eigenvalue weighted by molar-refractivity contribution is 5.80. The van der Waals surface area contributed by atoms with E-state index in [-0.39, 0.29) is 31.1 Å². The molecule has 0 aromatic heterocycles. The molecule has 1 saturated heterocycles. The molecule has 2 aromatic rings. The second-order valence-electron chi connectivity index (χ2n) is 7.76. The number of carbonyl (C=O) groups excluding carboxylic acids is 2. The van der Waals surface area contributed by atoms with Gasteiger partial charge >= 0.3 is 5.97 Å². The van der Waals surface area contributed by atoms with E-state index >= 15 is 0 Å². The zero-order chi connectivity index (χ0) is 19.8. The van der Waals surface area contributed by atoms with Gasteiger partial charge in [0.2, 0.25) is 0 Å². The number of ether oxygens (including phenoxy) is 1. The molecule has 4 rings (SSSR count). The topological polar surface area (TPSA) is 55.8 Å². The molecule has 2 aliphatic rings. The Kier molecular flexibility index (Phi) is 4.94. The van der Waals surface area contributed by atoms with Crippen molar-refractivity contribution in [3.8, 4) is 0 Å². The average Bonchev–Trinajstić information content (AvgIpc) is 3.02. The smallest absolute Gasteiger partial charge is 0.332 e. The van der Waals surface area contributed by atoms with Crippen molar-refractivity contribution in [1.29, 1.82) is 0 Å².